The monoisotopic (exact) mass is 700 g/mol. The molecule has 3 atom stereocenters. The van der Waals surface area contributed by atoms with Crippen LogP contribution in [0.25, 0.3) is 0 Å². The number of cyclic esters (lactones) is 1. The van der Waals surface area contributed by atoms with Crippen molar-refractivity contribution in [2.75, 3.05) is 20.8 Å². The molecule has 0 spiro atoms. The molecule has 0 N–H and O–H groups in total. The fraction of sp³-hybridized carbons (Fsp3) is 0.295. The number of methoxy groups -OCH3 is 2. The van der Waals surface area contributed by atoms with Gasteiger partial charge in [0.15, 0.2) is 0 Å². The van der Waals surface area contributed by atoms with E-state index in [0.29, 0.717) is 6.42 Å². The molecule has 51 heavy (non-hydrogen) atoms. The van der Waals surface area contributed by atoms with Crippen molar-refractivity contribution in [2.24, 2.45) is 0 Å². The quantitative estimate of drug-likeness (QED) is 0.0714. The summed E-state index contributed by atoms with van der Waals surface area (Å²) in [5.41, 5.74) is 1.81. The Kier molecular flexibility index (Phi) is 11.2. The number of ether oxygens (including phenoxy) is 4. The predicted molar refractivity (Wildman–Crippen MR) is 204 cm³/mol. The van der Waals surface area contributed by atoms with Crippen LogP contribution >= 0.6 is 0 Å². The lowest BCUT2D eigenvalue weighted by molar-refractivity contribution is -0.174. The van der Waals surface area contributed by atoms with Crippen LogP contribution in [0.3, 0.4) is 0 Å². The standard InChI is InChI=1S/C44H48O6Si/c1-43(2,3)51(38-22-14-8-15-23-38,39-24-16-9-17-25-39)50-41(40-30-37(47-5)31-42(45)49-40)32-48-44(33-18-10-6-11-19-33,34-20-12-7-13-21-34)35-26-28-36(46-4)29-27-35/h6-29,37,40-41H,30-32H2,1-5H3/t37-,40-,41-/m1/s1. The van der Waals surface area contributed by atoms with Gasteiger partial charge in [0.25, 0.3) is 8.32 Å². The molecule has 5 aromatic carbocycles. The van der Waals surface area contributed by atoms with Gasteiger partial charge in [-0.05, 0) is 44.2 Å². The van der Waals surface area contributed by atoms with Crippen LogP contribution in [0, 0.1) is 0 Å². The molecule has 0 bridgehead atoms. The molecular formula is C44H48O6Si. The van der Waals surface area contributed by atoms with Crippen molar-refractivity contribution < 1.29 is 28.2 Å². The SMILES string of the molecule is COc1ccc(C(OC[C@@H](O[Si](c2ccccc2)(c2ccccc2)C(C)(C)C)[C@H]2C[C@@H](OC)CC(=O)O2)(c2ccccc2)c2ccccc2)cc1. The highest BCUT2D eigenvalue weighted by atomic mass is 28.4. The van der Waals surface area contributed by atoms with Gasteiger partial charge in [-0.25, -0.2) is 0 Å². The fourth-order valence-electron chi connectivity index (χ4n) is 7.46. The van der Waals surface area contributed by atoms with E-state index >= 15 is 0 Å². The van der Waals surface area contributed by atoms with Crippen molar-refractivity contribution >= 4 is 24.7 Å². The van der Waals surface area contributed by atoms with Crippen LogP contribution in [0.15, 0.2) is 146 Å². The molecule has 1 aliphatic rings. The fourth-order valence-corrected chi connectivity index (χ4v) is 12.2. The van der Waals surface area contributed by atoms with E-state index in [1.54, 1.807) is 14.2 Å². The van der Waals surface area contributed by atoms with Crippen molar-refractivity contribution in [1.29, 1.82) is 0 Å². The largest absolute Gasteiger partial charge is 0.497 e. The molecule has 6 rings (SSSR count). The van der Waals surface area contributed by atoms with Crippen molar-refractivity contribution in [3.8, 4) is 5.75 Å². The minimum atomic E-state index is -3.13. The molecule has 1 fully saturated rings. The summed E-state index contributed by atoms with van der Waals surface area (Å²) in [6, 6.07) is 49.6. The van der Waals surface area contributed by atoms with Gasteiger partial charge in [-0.2, -0.15) is 0 Å². The van der Waals surface area contributed by atoms with Crippen molar-refractivity contribution in [1.82, 2.24) is 0 Å². The Balaban J connectivity index is 1.54. The summed E-state index contributed by atoms with van der Waals surface area (Å²) in [5, 5.41) is 1.94. The van der Waals surface area contributed by atoms with Crippen molar-refractivity contribution in [3.05, 3.63) is 162 Å². The Hall–Kier alpha value is -4.53. The maximum absolute atomic E-state index is 13.2. The summed E-state index contributed by atoms with van der Waals surface area (Å²) in [4.78, 5) is 13.2. The summed E-state index contributed by atoms with van der Waals surface area (Å²) in [6.07, 6.45) is -0.873. The van der Waals surface area contributed by atoms with E-state index in [0.717, 1.165) is 32.8 Å². The molecule has 5 aromatic rings. The molecule has 0 radical (unpaired) electrons. The van der Waals surface area contributed by atoms with Crippen LogP contribution in [0.2, 0.25) is 5.04 Å². The first-order valence-electron chi connectivity index (χ1n) is 17.6. The first-order valence-corrected chi connectivity index (χ1v) is 19.5. The van der Waals surface area contributed by atoms with Gasteiger partial charge < -0.3 is 23.4 Å². The van der Waals surface area contributed by atoms with Crippen LogP contribution in [-0.2, 0) is 29.0 Å². The maximum Gasteiger partial charge on any atom is 0.308 e. The van der Waals surface area contributed by atoms with Gasteiger partial charge >= 0.3 is 5.97 Å². The number of hydrogen-bond acceptors (Lipinski definition) is 6. The third-order valence-corrected chi connectivity index (χ3v) is 15.0. The molecule has 264 valence electrons. The van der Waals surface area contributed by atoms with Gasteiger partial charge in [0, 0.05) is 13.5 Å². The Morgan fingerprint density at radius 2 is 1.16 bits per heavy atom. The predicted octanol–water partition coefficient (Wildman–Crippen LogP) is 7.67. The van der Waals surface area contributed by atoms with Gasteiger partial charge in [-0.3, -0.25) is 4.79 Å². The lowest BCUT2D eigenvalue weighted by atomic mass is 9.80. The van der Waals surface area contributed by atoms with E-state index in [9.17, 15) is 4.79 Å². The molecule has 0 amide bonds. The number of rotatable bonds is 13. The first-order chi connectivity index (χ1) is 24.7. The van der Waals surface area contributed by atoms with E-state index in [-0.39, 0.29) is 30.1 Å². The molecule has 0 aromatic heterocycles. The van der Waals surface area contributed by atoms with Gasteiger partial charge in [0.2, 0.25) is 0 Å². The second kappa shape index (κ2) is 15.8. The van der Waals surface area contributed by atoms with E-state index in [1.165, 1.54) is 0 Å². The maximum atomic E-state index is 13.2. The molecule has 0 saturated carbocycles. The zero-order valence-corrected chi connectivity index (χ0v) is 31.2. The van der Waals surface area contributed by atoms with E-state index in [4.69, 9.17) is 23.4 Å². The normalized spacial score (nSPS) is 17.4. The summed E-state index contributed by atoms with van der Waals surface area (Å²) in [6.45, 7) is 6.86. The van der Waals surface area contributed by atoms with Crippen LogP contribution in [0.5, 0.6) is 5.75 Å². The molecule has 1 aliphatic heterocycles. The lowest BCUT2D eigenvalue weighted by Crippen LogP contribution is -2.69. The van der Waals surface area contributed by atoms with E-state index in [2.05, 4.69) is 106 Å². The average Bonchev–Trinajstić information content (AvgIpc) is 3.17. The topological polar surface area (TPSA) is 63.2 Å². The molecule has 1 heterocycles. The van der Waals surface area contributed by atoms with E-state index in [1.807, 2.05) is 60.7 Å². The molecule has 0 unspecified atom stereocenters. The Morgan fingerprint density at radius 3 is 1.61 bits per heavy atom. The summed E-state index contributed by atoms with van der Waals surface area (Å²) < 4.78 is 32.7. The Morgan fingerprint density at radius 1 is 0.686 bits per heavy atom. The third kappa shape index (κ3) is 7.44. The zero-order chi connectivity index (χ0) is 35.9. The highest BCUT2D eigenvalue weighted by Gasteiger charge is 2.53. The number of esters is 1. The zero-order valence-electron chi connectivity index (χ0n) is 30.2. The Bertz CT molecular complexity index is 1750. The highest BCUT2D eigenvalue weighted by Crippen LogP contribution is 2.43. The van der Waals surface area contributed by atoms with Gasteiger partial charge in [-0.15, -0.1) is 0 Å². The van der Waals surface area contributed by atoms with Crippen LogP contribution < -0.4 is 15.1 Å². The summed E-state index contributed by atoms with van der Waals surface area (Å²) in [5.74, 6) is 0.447. The summed E-state index contributed by atoms with van der Waals surface area (Å²) in [7, 11) is 0.187. The number of carbonyl (C=O) groups is 1. The first kappa shape index (κ1) is 36.3. The molecule has 0 aliphatic carbocycles. The summed E-state index contributed by atoms with van der Waals surface area (Å²) >= 11 is 0. The lowest BCUT2D eigenvalue weighted by Gasteiger charge is -2.47. The number of benzene rings is 5. The van der Waals surface area contributed by atoms with Crippen LogP contribution in [0.1, 0.15) is 50.3 Å². The third-order valence-electron chi connectivity index (χ3n) is 9.99. The second-order valence-corrected chi connectivity index (χ2v) is 18.4. The highest BCUT2D eigenvalue weighted by molar-refractivity contribution is 6.99. The van der Waals surface area contributed by atoms with Gasteiger partial charge in [0.1, 0.15) is 23.6 Å². The number of carbonyl (C=O) groups excluding carboxylic acids is 1. The molecular weight excluding hydrogens is 653 g/mol. The number of hydrogen-bond donors (Lipinski definition) is 0. The second-order valence-electron chi connectivity index (χ2n) is 14.1. The van der Waals surface area contributed by atoms with Crippen molar-refractivity contribution in [3.63, 3.8) is 0 Å². The molecule has 6 nitrogen and oxygen atoms in total. The smallest absolute Gasteiger partial charge is 0.308 e. The Labute approximate surface area is 303 Å². The van der Waals surface area contributed by atoms with Crippen molar-refractivity contribution in [2.45, 2.75) is 62.6 Å². The minimum absolute atomic E-state index is 0.120. The van der Waals surface area contributed by atoms with Gasteiger partial charge in [-0.1, -0.05) is 154 Å². The molecule has 1 saturated heterocycles. The molecule has 7 heteroatoms. The average molecular weight is 701 g/mol. The van der Waals surface area contributed by atoms with E-state index < -0.39 is 26.1 Å². The van der Waals surface area contributed by atoms with Crippen LogP contribution in [-0.4, -0.2) is 53.4 Å². The minimum Gasteiger partial charge on any atom is -0.497 e. The van der Waals surface area contributed by atoms with Crippen LogP contribution in [0.4, 0.5) is 0 Å². The van der Waals surface area contributed by atoms with Gasteiger partial charge in [0.05, 0.1) is 26.2 Å².